The van der Waals surface area contributed by atoms with Crippen molar-refractivity contribution >= 4 is 6.03 Å². The Morgan fingerprint density at radius 2 is 1.76 bits per heavy atom. The molecule has 0 radical (unpaired) electrons. The molecule has 1 fully saturated rings. The molecule has 3 rings (SSSR count). The summed E-state index contributed by atoms with van der Waals surface area (Å²) in [4.78, 5) is 16.5. The molecule has 1 aliphatic heterocycles. The van der Waals surface area contributed by atoms with Gasteiger partial charge in [0.15, 0.2) is 0 Å². The Hall–Kier alpha value is -2.80. The van der Waals surface area contributed by atoms with Crippen LogP contribution in [0.25, 0.3) is 0 Å². The number of ether oxygens (including phenoxy) is 2. The summed E-state index contributed by atoms with van der Waals surface area (Å²) in [5.41, 5.74) is 2.08. The first kappa shape index (κ1) is 20.9. The van der Waals surface area contributed by atoms with Crippen LogP contribution < -0.4 is 14.8 Å². The zero-order chi connectivity index (χ0) is 20.6. The molecule has 29 heavy (non-hydrogen) atoms. The van der Waals surface area contributed by atoms with E-state index in [1.54, 1.807) is 26.4 Å². The van der Waals surface area contributed by atoms with Gasteiger partial charge in [-0.05, 0) is 42.3 Å². The minimum Gasteiger partial charge on any atom is -0.497 e. The van der Waals surface area contributed by atoms with Crippen molar-refractivity contribution < 1.29 is 18.7 Å². The maximum absolute atomic E-state index is 12.9. The van der Waals surface area contributed by atoms with Crippen LogP contribution in [-0.2, 0) is 13.0 Å². The number of nitrogens with one attached hydrogen (secondary N) is 1. The van der Waals surface area contributed by atoms with Crippen molar-refractivity contribution in [3.05, 3.63) is 59.4 Å². The van der Waals surface area contributed by atoms with Gasteiger partial charge in [-0.3, -0.25) is 4.90 Å². The highest BCUT2D eigenvalue weighted by Crippen LogP contribution is 2.25. The van der Waals surface area contributed by atoms with Crippen molar-refractivity contribution in [3.63, 3.8) is 0 Å². The summed E-state index contributed by atoms with van der Waals surface area (Å²) in [7, 11) is 3.32. The van der Waals surface area contributed by atoms with Crippen LogP contribution in [0.2, 0.25) is 0 Å². The van der Waals surface area contributed by atoms with E-state index in [9.17, 15) is 9.18 Å². The highest BCUT2D eigenvalue weighted by atomic mass is 19.1. The van der Waals surface area contributed by atoms with Crippen molar-refractivity contribution in [3.8, 4) is 11.5 Å². The van der Waals surface area contributed by atoms with Gasteiger partial charge < -0.3 is 19.7 Å². The summed E-state index contributed by atoms with van der Waals surface area (Å²) in [5, 5.41) is 2.95. The Morgan fingerprint density at radius 1 is 1.03 bits per heavy atom. The number of benzene rings is 2. The lowest BCUT2D eigenvalue weighted by molar-refractivity contribution is 0.134. The van der Waals surface area contributed by atoms with E-state index >= 15 is 0 Å². The van der Waals surface area contributed by atoms with E-state index in [0.29, 0.717) is 26.1 Å². The predicted molar refractivity (Wildman–Crippen MR) is 110 cm³/mol. The number of nitrogens with zero attached hydrogens (tertiary/aromatic N) is 2. The first-order chi connectivity index (χ1) is 14.1. The van der Waals surface area contributed by atoms with Crippen molar-refractivity contribution in [2.24, 2.45) is 0 Å². The zero-order valence-corrected chi connectivity index (χ0v) is 17.0. The molecule has 0 bridgehead atoms. The Morgan fingerprint density at radius 3 is 2.41 bits per heavy atom. The molecule has 2 amide bonds. The Balaban J connectivity index is 1.44. The number of hydrogen-bond donors (Lipinski definition) is 1. The molecular weight excluding hydrogens is 373 g/mol. The van der Waals surface area contributed by atoms with Gasteiger partial charge in [0.05, 0.1) is 14.2 Å². The monoisotopic (exact) mass is 401 g/mol. The second-order valence-corrected chi connectivity index (χ2v) is 7.05. The molecular formula is C22H28FN3O3. The van der Waals surface area contributed by atoms with Crippen molar-refractivity contribution in [2.45, 2.75) is 13.0 Å². The first-order valence-electron chi connectivity index (χ1n) is 9.79. The Bertz CT molecular complexity index is 805. The third-order valence-corrected chi connectivity index (χ3v) is 5.14. The SMILES string of the molecule is COc1ccc(OC)c(CN2CCN(C(=O)NCCc3ccc(F)cc3)CC2)c1. The number of hydrogen-bond acceptors (Lipinski definition) is 4. The van der Waals surface area contributed by atoms with Crippen LogP contribution in [0.1, 0.15) is 11.1 Å². The highest BCUT2D eigenvalue weighted by molar-refractivity contribution is 5.74. The minimum atomic E-state index is -0.248. The highest BCUT2D eigenvalue weighted by Gasteiger charge is 2.21. The van der Waals surface area contributed by atoms with Gasteiger partial charge in [0.25, 0.3) is 0 Å². The fraction of sp³-hybridized carbons (Fsp3) is 0.409. The van der Waals surface area contributed by atoms with Crippen molar-refractivity contribution in [2.75, 3.05) is 46.9 Å². The average molecular weight is 401 g/mol. The minimum absolute atomic E-state index is 0.0503. The van der Waals surface area contributed by atoms with Gasteiger partial charge in [-0.15, -0.1) is 0 Å². The number of urea groups is 1. The summed E-state index contributed by atoms with van der Waals surface area (Å²) in [6, 6.07) is 12.1. The normalized spacial score (nSPS) is 14.5. The van der Waals surface area contributed by atoms with Crippen LogP contribution in [0.5, 0.6) is 11.5 Å². The maximum Gasteiger partial charge on any atom is 0.317 e. The van der Waals surface area contributed by atoms with Crippen molar-refractivity contribution in [1.29, 1.82) is 0 Å². The number of carbonyl (C=O) groups excluding carboxylic acids is 1. The molecule has 1 N–H and O–H groups in total. The van der Waals surface area contributed by atoms with Gasteiger partial charge in [0.1, 0.15) is 17.3 Å². The molecule has 0 atom stereocenters. The van der Waals surface area contributed by atoms with E-state index in [0.717, 1.165) is 42.3 Å². The fourth-order valence-corrected chi connectivity index (χ4v) is 3.43. The van der Waals surface area contributed by atoms with Crippen molar-refractivity contribution in [1.82, 2.24) is 15.1 Å². The van der Waals surface area contributed by atoms with Gasteiger partial charge in [-0.25, -0.2) is 9.18 Å². The summed E-state index contributed by atoms with van der Waals surface area (Å²) < 4.78 is 23.7. The van der Waals surface area contributed by atoms with Crippen LogP contribution in [0.3, 0.4) is 0 Å². The number of halogens is 1. The maximum atomic E-state index is 12.9. The third-order valence-electron chi connectivity index (χ3n) is 5.14. The van der Waals surface area contributed by atoms with Crippen LogP contribution in [-0.4, -0.2) is 62.8 Å². The molecule has 1 heterocycles. The molecule has 156 valence electrons. The second kappa shape index (κ2) is 10.1. The molecule has 1 saturated heterocycles. The molecule has 0 aliphatic carbocycles. The van der Waals surface area contributed by atoms with E-state index in [2.05, 4.69) is 10.2 Å². The molecule has 2 aromatic carbocycles. The van der Waals surface area contributed by atoms with Gasteiger partial charge >= 0.3 is 6.03 Å². The van der Waals surface area contributed by atoms with Gasteiger partial charge in [0.2, 0.25) is 0 Å². The summed E-state index contributed by atoms with van der Waals surface area (Å²) in [6.45, 7) is 4.23. The number of rotatable bonds is 7. The standard InChI is InChI=1S/C22H28FN3O3/c1-28-20-7-8-21(29-2)18(15-20)16-25-11-13-26(14-12-25)22(27)24-10-9-17-3-5-19(23)6-4-17/h3-8,15H,9-14,16H2,1-2H3,(H,24,27). The van der Waals surface area contributed by atoms with E-state index in [-0.39, 0.29) is 11.8 Å². The Kier molecular flexibility index (Phi) is 7.30. The third kappa shape index (κ3) is 5.84. The van der Waals surface area contributed by atoms with Crippen LogP contribution in [0, 0.1) is 5.82 Å². The van der Waals surface area contributed by atoms with E-state index < -0.39 is 0 Å². The molecule has 0 unspecified atom stereocenters. The molecule has 2 aromatic rings. The van der Waals surface area contributed by atoms with Gasteiger partial charge in [-0.1, -0.05) is 12.1 Å². The number of methoxy groups -OCH3 is 2. The Labute approximate surface area is 171 Å². The lowest BCUT2D eigenvalue weighted by atomic mass is 10.1. The fourth-order valence-electron chi connectivity index (χ4n) is 3.43. The number of amides is 2. The smallest absolute Gasteiger partial charge is 0.317 e. The van der Waals surface area contributed by atoms with E-state index in [1.165, 1.54) is 12.1 Å². The summed E-state index contributed by atoms with van der Waals surface area (Å²) >= 11 is 0. The molecule has 6 nitrogen and oxygen atoms in total. The number of carbonyl (C=O) groups is 1. The molecule has 0 aromatic heterocycles. The van der Waals surface area contributed by atoms with Crippen LogP contribution >= 0.6 is 0 Å². The lowest BCUT2D eigenvalue weighted by Gasteiger charge is -2.35. The summed E-state index contributed by atoms with van der Waals surface area (Å²) in [5.74, 6) is 1.40. The second-order valence-electron chi connectivity index (χ2n) is 7.05. The van der Waals surface area contributed by atoms with Crippen LogP contribution in [0.15, 0.2) is 42.5 Å². The molecule has 7 heteroatoms. The predicted octanol–water partition coefficient (Wildman–Crippen LogP) is 2.91. The van der Waals surface area contributed by atoms with Gasteiger partial charge in [-0.2, -0.15) is 0 Å². The van der Waals surface area contributed by atoms with Crippen LogP contribution in [0.4, 0.5) is 9.18 Å². The molecule has 0 spiro atoms. The quantitative estimate of drug-likeness (QED) is 0.775. The molecule has 1 aliphatic rings. The van der Waals surface area contributed by atoms with E-state index in [1.807, 2.05) is 23.1 Å². The topological polar surface area (TPSA) is 54.0 Å². The molecule has 0 saturated carbocycles. The zero-order valence-electron chi connectivity index (χ0n) is 17.0. The largest absolute Gasteiger partial charge is 0.497 e. The van der Waals surface area contributed by atoms with Gasteiger partial charge in [0, 0.05) is 44.8 Å². The van der Waals surface area contributed by atoms with E-state index in [4.69, 9.17) is 9.47 Å². The summed E-state index contributed by atoms with van der Waals surface area (Å²) in [6.07, 6.45) is 0.682. The average Bonchev–Trinajstić information content (AvgIpc) is 2.75. The lowest BCUT2D eigenvalue weighted by Crippen LogP contribution is -2.51. The first-order valence-corrected chi connectivity index (χ1v) is 9.79. The number of piperazine rings is 1.